The van der Waals surface area contributed by atoms with Crippen LogP contribution in [0.3, 0.4) is 0 Å². The van der Waals surface area contributed by atoms with Crippen molar-refractivity contribution in [3.8, 4) is 0 Å². The van der Waals surface area contributed by atoms with E-state index in [1.165, 1.54) is 0 Å². The summed E-state index contributed by atoms with van der Waals surface area (Å²) in [6.07, 6.45) is 0.702. The first kappa shape index (κ1) is 18.6. The van der Waals surface area contributed by atoms with Gasteiger partial charge in [-0.25, -0.2) is 21.9 Å². The number of halogens is 2. The Balaban J connectivity index is 1.23. The zero-order valence-corrected chi connectivity index (χ0v) is 15.4. The Bertz CT molecular complexity index is 883. The zero-order valence-electron chi connectivity index (χ0n) is 14.6. The van der Waals surface area contributed by atoms with E-state index in [1.54, 1.807) is 0 Å². The first-order valence-corrected chi connectivity index (χ1v) is 10.4. The molecule has 27 heavy (non-hydrogen) atoms. The molecule has 0 saturated heterocycles. The van der Waals surface area contributed by atoms with Gasteiger partial charge < -0.3 is 9.15 Å². The van der Waals surface area contributed by atoms with Crippen LogP contribution in [0.4, 0.5) is 8.78 Å². The molecule has 5 nitrogen and oxygen atoms in total. The monoisotopic (exact) mass is 397 g/mol. The first-order valence-electron chi connectivity index (χ1n) is 8.91. The van der Waals surface area contributed by atoms with Crippen LogP contribution in [0.5, 0.6) is 0 Å². The third-order valence-electron chi connectivity index (χ3n) is 5.41. The molecule has 146 valence electrons. The van der Waals surface area contributed by atoms with Crippen LogP contribution in [0.1, 0.15) is 43.4 Å². The smallest absolute Gasteiger partial charge is 0.295 e. The number of sulfonamides is 1. The van der Waals surface area contributed by atoms with Gasteiger partial charge in [0.25, 0.3) is 16.4 Å². The number of ether oxygens (including phenoxy) is 1. The van der Waals surface area contributed by atoms with E-state index >= 15 is 0 Å². The summed E-state index contributed by atoms with van der Waals surface area (Å²) in [7, 11) is -3.91. The van der Waals surface area contributed by atoms with Crippen LogP contribution >= 0.6 is 0 Å². The lowest BCUT2D eigenvalue weighted by molar-refractivity contribution is -0.130. The van der Waals surface area contributed by atoms with E-state index in [2.05, 4.69) is 4.72 Å². The fourth-order valence-electron chi connectivity index (χ4n) is 4.09. The Hall–Kier alpha value is -1.77. The fourth-order valence-corrected chi connectivity index (χ4v) is 5.26. The van der Waals surface area contributed by atoms with Crippen LogP contribution < -0.4 is 4.72 Å². The number of hydrogen-bond acceptors (Lipinski definition) is 4. The molecular formula is C19H21F2NO4S. The van der Waals surface area contributed by atoms with E-state index in [4.69, 9.17) is 9.15 Å². The van der Waals surface area contributed by atoms with Gasteiger partial charge in [-0.1, -0.05) is 30.3 Å². The molecule has 1 heterocycles. The van der Waals surface area contributed by atoms with Gasteiger partial charge in [0.2, 0.25) is 5.09 Å². The molecule has 0 radical (unpaired) electrons. The Labute approximate surface area is 156 Å². The van der Waals surface area contributed by atoms with Crippen molar-refractivity contribution in [3.63, 3.8) is 0 Å². The first-order chi connectivity index (χ1) is 12.9. The molecule has 2 fully saturated rings. The quantitative estimate of drug-likeness (QED) is 0.766. The van der Waals surface area contributed by atoms with E-state index < -0.39 is 27.3 Å². The van der Waals surface area contributed by atoms with E-state index in [-0.39, 0.29) is 17.6 Å². The molecule has 1 N–H and O–H groups in total. The van der Waals surface area contributed by atoms with Gasteiger partial charge in [-0.05, 0) is 48.8 Å². The van der Waals surface area contributed by atoms with Gasteiger partial charge in [-0.3, -0.25) is 0 Å². The highest BCUT2D eigenvalue weighted by Crippen LogP contribution is 2.57. The average Bonchev–Trinajstić information content (AvgIpc) is 3.07. The Morgan fingerprint density at radius 3 is 2.44 bits per heavy atom. The van der Waals surface area contributed by atoms with Gasteiger partial charge >= 0.3 is 0 Å². The van der Waals surface area contributed by atoms with Crippen LogP contribution in [0.25, 0.3) is 0 Å². The third kappa shape index (κ3) is 3.93. The molecule has 8 heteroatoms. The van der Waals surface area contributed by atoms with Crippen molar-refractivity contribution < 1.29 is 26.4 Å². The molecule has 2 aromatic rings. The number of rotatable bonds is 7. The lowest BCUT2D eigenvalue weighted by Gasteiger charge is -2.57. The number of alkyl halides is 2. The van der Waals surface area contributed by atoms with Crippen LogP contribution in [0.15, 0.2) is 52.0 Å². The maximum absolute atomic E-state index is 12.6. The third-order valence-corrected chi connectivity index (χ3v) is 6.81. The zero-order chi connectivity index (χ0) is 19.1. The standard InChI is InChI=1S/C19H21F2NO4S/c20-18(21)16-6-7-17(26-16)27(23,24)22-14-8-19(9-14)10-15(11-19)25-12-13-4-2-1-3-5-13/h1-7,14-15,18,22H,8-12H2. The van der Waals surface area contributed by atoms with Gasteiger partial charge in [0.05, 0.1) is 12.7 Å². The van der Waals surface area contributed by atoms with E-state index in [0.717, 1.165) is 43.4 Å². The molecule has 0 bridgehead atoms. The fraction of sp³-hybridized carbons (Fsp3) is 0.474. The molecule has 1 spiro atoms. The minimum absolute atomic E-state index is 0.145. The topological polar surface area (TPSA) is 68.5 Å². The van der Waals surface area contributed by atoms with Crippen molar-refractivity contribution in [1.82, 2.24) is 4.72 Å². The molecule has 2 saturated carbocycles. The molecular weight excluding hydrogens is 376 g/mol. The summed E-state index contributed by atoms with van der Waals surface area (Å²) >= 11 is 0. The number of furan rings is 1. The highest BCUT2D eigenvalue weighted by Gasteiger charge is 2.54. The van der Waals surface area contributed by atoms with Crippen molar-refractivity contribution in [2.45, 2.75) is 56.0 Å². The van der Waals surface area contributed by atoms with Gasteiger partial charge in [-0.2, -0.15) is 0 Å². The summed E-state index contributed by atoms with van der Waals surface area (Å²) in [5.74, 6) is -0.641. The second-order valence-electron chi connectivity index (χ2n) is 7.51. The van der Waals surface area contributed by atoms with Gasteiger partial charge in [-0.15, -0.1) is 0 Å². The second-order valence-corrected chi connectivity index (χ2v) is 9.16. The maximum Gasteiger partial charge on any atom is 0.295 e. The molecule has 1 aromatic carbocycles. The largest absolute Gasteiger partial charge is 0.442 e. The molecule has 0 amide bonds. The van der Waals surface area contributed by atoms with E-state index in [9.17, 15) is 17.2 Å². The molecule has 0 atom stereocenters. The van der Waals surface area contributed by atoms with Gasteiger partial charge in [0.15, 0.2) is 5.76 Å². The predicted octanol–water partition coefficient (Wildman–Crippen LogP) is 4.02. The van der Waals surface area contributed by atoms with Crippen molar-refractivity contribution in [3.05, 3.63) is 53.8 Å². The Kier molecular flexibility index (Phi) is 4.82. The molecule has 1 aromatic heterocycles. The summed E-state index contributed by atoms with van der Waals surface area (Å²) in [5.41, 5.74) is 1.28. The summed E-state index contributed by atoms with van der Waals surface area (Å²) in [6.45, 7) is 0.586. The van der Waals surface area contributed by atoms with Gasteiger partial charge in [0, 0.05) is 6.04 Å². The minimum atomic E-state index is -3.91. The number of hydrogen-bond donors (Lipinski definition) is 1. The molecule has 4 rings (SSSR count). The highest BCUT2D eigenvalue weighted by molar-refractivity contribution is 7.89. The van der Waals surface area contributed by atoms with Crippen LogP contribution in [0.2, 0.25) is 0 Å². The van der Waals surface area contributed by atoms with Crippen molar-refractivity contribution >= 4 is 10.0 Å². The van der Waals surface area contributed by atoms with Crippen LogP contribution in [-0.2, 0) is 21.4 Å². The van der Waals surface area contributed by atoms with Crippen LogP contribution in [-0.4, -0.2) is 20.6 Å². The normalized spacial score (nSPS) is 27.5. The van der Waals surface area contributed by atoms with Crippen LogP contribution in [0, 0.1) is 5.41 Å². The number of nitrogens with one attached hydrogen (secondary N) is 1. The Morgan fingerprint density at radius 1 is 1.11 bits per heavy atom. The maximum atomic E-state index is 12.6. The van der Waals surface area contributed by atoms with E-state index in [0.29, 0.717) is 6.61 Å². The Morgan fingerprint density at radius 2 is 1.81 bits per heavy atom. The van der Waals surface area contributed by atoms with Gasteiger partial charge in [0.1, 0.15) is 0 Å². The molecule has 2 aliphatic rings. The average molecular weight is 397 g/mol. The SMILES string of the molecule is O=S(=O)(NC1CC2(C1)CC(OCc1ccccc1)C2)c1ccc(C(F)F)o1. The second kappa shape index (κ2) is 7.00. The summed E-state index contributed by atoms with van der Waals surface area (Å²) < 4.78 is 62.8. The summed E-state index contributed by atoms with van der Waals surface area (Å²) in [5, 5.41) is -0.462. The van der Waals surface area contributed by atoms with Crippen molar-refractivity contribution in [1.29, 1.82) is 0 Å². The minimum Gasteiger partial charge on any atom is -0.442 e. The molecule has 2 aliphatic carbocycles. The molecule has 0 unspecified atom stereocenters. The van der Waals surface area contributed by atoms with E-state index in [1.807, 2.05) is 30.3 Å². The summed E-state index contributed by atoms with van der Waals surface area (Å²) in [6, 6.07) is 11.8. The molecule has 0 aliphatic heterocycles. The number of benzene rings is 1. The predicted molar refractivity (Wildman–Crippen MR) is 93.7 cm³/mol. The lowest BCUT2D eigenvalue weighted by atomic mass is 9.53. The van der Waals surface area contributed by atoms with Crippen molar-refractivity contribution in [2.75, 3.05) is 0 Å². The van der Waals surface area contributed by atoms with Crippen molar-refractivity contribution in [2.24, 2.45) is 5.41 Å². The summed E-state index contributed by atoms with van der Waals surface area (Å²) in [4.78, 5) is 0. The highest BCUT2D eigenvalue weighted by atomic mass is 32.2. The lowest BCUT2D eigenvalue weighted by Crippen LogP contribution is -2.58.